The van der Waals surface area contributed by atoms with E-state index in [1.165, 1.54) is 128 Å². The second-order valence-corrected chi connectivity index (χ2v) is 13.8. The van der Waals surface area contributed by atoms with Gasteiger partial charge >= 0.3 is 10.4 Å². The molecule has 0 bridgehead atoms. The summed E-state index contributed by atoms with van der Waals surface area (Å²) in [6, 6.07) is 0. The van der Waals surface area contributed by atoms with E-state index in [4.69, 9.17) is 8.37 Å². The fourth-order valence-electron chi connectivity index (χ4n) is 5.44. The molecule has 0 heterocycles. The van der Waals surface area contributed by atoms with Gasteiger partial charge in [0.1, 0.15) is 0 Å². The molecule has 236 valence electrons. The van der Waals surface area contributed by atoms with Gasteiger partial charge in [0.15, 0.2) is 0 Å². The first-order valence-corrected chi connectivity index (χ1v) is 18.8. The molecule has 5 heteroatoms. The molecule has 0 fully saturated rings. The van der Waals surface area contributed by atoms with Crippen molar-refractivity contribution in [2.75, 3.05) is 13.2 Å². The van der Waals surface area contributed by atoms with Gasteiger partial charge in [-0.3, -0.25) is 0 Å². The highest BCUT2D eigenvalue weighted by molar-refractivity contribution is 7.81. The monoisotopic (exact) mass is 574 g/mol. The lowest BCUT2D eigenvalue weighted by Gasteiger charge is -2.11. The summed E-state index contributed by atoms with van der Waals surface area (Å²) in [5.74, 6) is 1.62. The Labute approximate surface area is 246 Å². The van der Waals surface area contributed by atoms with E-state index in [-0.39, 0.29) is 13.2 Å². The first kappa shape index (κ1) is 38.9. The van der Waals surface area contributed by atoms with E-state index < -0.39 is 10.4 Å². The van der Waals surface area contributed by atoms with E-state index in [0.717, 1.165) is 50.4 Å². The summed E-state index contributed by atoms with van der Waals surface area (Å²) in [7, 11) is -3.84. The maximum atomic E-state index is 11.9. The van der Waals surface area contributed by atoms with Crippen molar-refractivity contribution < 1.29 is 16.8 Å². The second-order valence-electron chi connectivity index (χ2n) is 12.5. The van der Waals surface area contributed by atoms with Gasteiger partial charge in [-0.2, -0.15) is 8.42 Å². The van der Waals surface area contributed by atoms with Crippen molar-refractivity contribution >= 4 is 10.4 Å². The van der Waals surface area contributed by atoms with Gasteiger partial charge in [-0.25, -0.2) is 8.37 Å². The molecule has 2 unspecified atom stereocenters. The molecule has 39 heavy (non-hydrogen) atoms. The smallest absolute Gasteiger partial charge is 0.248 e. The standard InChI is InChI=1S/C34H70O4S/c1-5-7-9-11-13-15-21-27-33(3)29-23-17-19-25-31-37-39(35,36)38-32-26-20-18-24-30-34(4)28-22-16-14-12-10-8-6-2/h33-34H,5-32H2,1-4H3. The van der Waals surface area contributed by atoms with E-state index in [1.807, 2.05) is 0 Å². The van der Waals surface area contributed by atoms with Gasteiger partial charge in [-0.05, 0) is 24.7 Å². The molecule has 0 aromatic rings. The molecule has 0 aliphatic rings. The zero-order valence-electron chi connectivity index (χ0n) is 27.0. The van der Waals surface area contributed by atoms with Gasteiger partial charge in [0.2, 0.25) is 0 Å². The van der Waals surface area contributed by atoms with Crippen LogP contribution in [0.2, 0.25) is 0 Å². The van der Waals surface area contributed by atoms with Gasteiger partial charge in [0.05, 0.1) is 13.2 Å². The Bertz CT molecular complexity index is 534. The zero-order chi connectivity index (χ0) is 28.9. The number of unbranched alkanes of at least 4 members (excludes halogenated alkanes) is 18. The van der Waals surface area contributed by atoms with Crippen LogP contribution < -0.4 is 0 Å². The Hall–Kier alpha value is -0.130. The van der Waals surface area contributed by atoms with Crippen molar-refractivity contribution in [1.29, 1.82) is 0 Å². The summed E-state index contributed by atoms with van der Waals surface area (Å²) in [5, 5.41) is 0. The summed E-state index contributed by atoms with van der Waals surface area (Å²) < 4.78 is 34.0. The van der Waals surface area contributed by atoms with Crippen LogP contribution in [0.15, 0.2) is 0 Å². The molecule has 0 rings (SSSR count). The highest BCUT2D eigenvalue weighted by atomic mass is 32.3. The molecule has 4 nitrogen and oxygen atoms in total. The van der Waals surface area contributed by atoms with E-state index in [1.54, 1.807) is 0 Å². The minimum absolute atomic E-state index is 0.243. The topological polar surface area (TPSA) is 52.6 Å². The summed E-state index contributed by atoms with van der Waals surface area (Å²) >= 11 is 0. The minimum Gasteiger partial charge on any atom is -0.248 e. The maximum Gasteiger partial charge on any atom is 0.399 e. The van der Waals surface area contributed by atoms with Gasteiger partial charge in [0.25, 0.3) is 0 Å². The van der Waals surface area contributed by atoms with Crippen molar-refractivity contribution in [3.05, 3.63) is 0 Å². The molecule has 0 spiro atoms. The maximum absolute atomic E-state index is 11.9. The fourth-order valence-corrected chi connectivity index (χ4v) is 6.15. The molecule has 0 saturated carbocycles. The Morgan fingerprint density at radius 1 is 0.410 bits per heavy atom. The van der Waals surface area contributed by atoms with Crippen molar-refractivity contribution in [3.8, 4) is 0 Å². The van der Waals surface area contributed by atoms with E-state index in [2.05, 4.69) is 27.7 Å². The quantitative estimate of drug-likeness (QED) is 0.0750. The highest BCUT2D eigenvalue weighted by Gasteiger charge is 2.11. The third kappa shape index (κ3) is 30.7. The molecule has 0 amide bonds. The van der Waals surface area contributed by atoms with Crippen LogP contribution in [-0.4, -0.2) is 21.6 Å². The second kappa shape index (κ2) is 29.4. The summed E-state index contributed by atoms with van der Waals surface area (Å²) in [6.07, 6.45) is 33.1. The SMILES string of the molecule is CCCCCCCCCC(C)CCCCCCOS(=O)(=O)OCCCCCCC(C)CCCCCCCCC. The lowest BCUT2D eigenvalue weighted by Crippen LogP contribution is -2.12. The normalized spacial score (nSPS) is 13.6. The number of hydrogen-bond donors (Lipinski definition) is 0. The fraction of sp³-hybridized carbons (Fsp3) is 1.00. The van der Waals surface area contributed by atoms with Crippen molar-refractivity contribution in [3.63, 3.8) is 0 Å². The van der Waals surface area contributed by atoms with Crippen molar-refractivity contribution in [2.45, 2.75) is 195 Å². The summed E-state index contributed by atoms with van der Waals surface area (Å²) in [5.41, 5.74) is 0. The molecule has 0 aliphatic carbocycles. The Morgan fingerprint density at radius 3 is 0.974 bits per heavy atom. The first-order valence-electron chi connectivity index (χ1n) is 17.4. The Balaban J connectivity index is 3.47. The predicted molar refractivity (Wildman–Crippen MR) is 171 cm³/mol. The Kier molecular flexibility index (Phi) is 29.3. The molecule has 0 radical (unpaired) electrons. The van der Waals surface area contributed by atoms with Gasteiger partial charge in [-0.15, -0.1) is 0 Å². The van der Waals surface area contributed by atoms with Crippen LogP contribution in [0.1, 0.15) is 195 Å². The molecule has 0 aromatic carbocycles. The van der Waals surface area contributed by atoms with Crippen molar-refractivity contribution in [2.24, 2.45) is 11.8 Å². The third-order valence-corrected chi connectivity index (χ3v) is 9.15. The van der Waals surface area contributed by atoms with Crippen LogP contribution in [-0.2, 0) is 18.8 Å². The summed E-state index contributed by atoms with van der Waals surface area (Å²) in [4.78, 5) is 0. The zero-order valence-corrected chi connectivity index (χ0v) is 27.8. The largest absolute Gasteiger partial charge is 0.399 e. The van der Waals surface area contributed by atoms with Crippen LogP contribution in [0.5, 0.6) is 0 Å². The highest BCUT2D eigenvalue weighted by Crippen LogP contribution is 2.19. The van der Waals surface area contributed by atoms with Gasteiger partial charge in [0, 0.05) is 0 Å². The van der Waals surface area contributed by atoms with Crippen LogP contribution in [0, 0.1) is 11.8 Å². The van der Waals surface area contributed by atoms with Crippen molar-refractivity contribution in [1.82, 2.24) is 0 Å². The predicted octanol–water partition coefficient (Wildman–Crippen LogP) is 11.7. The number of rotatable bonds is 32. The van der Waals surface area contributed by atoms with E-state index in [0.29, 0.717) is 0 Å². The van der Waals surface area contributed by atoms with Crippen LogP contribution >= 0.6 is 0 Å². The summed E-state index contributed by atoms with van der Waals surface area (Å²) in [6.45, 7) is 9.78. The first-order chi connectivity index (χ1) is 18.9. The van der Waals surface area contributed by atoms with Crippen LogP contribution in [0.4, 0.5) is 0 Å². The molecular formula is C34H70O4S. The third-order valence-electron chi connectivity index (χ3n) is 8.24. The molecular weight excluding hydrogens is 504 g/mol. The average molecular weight is 575 g/mol. The molecule has 0 aliphatic heterocycles. The average Bonchev–Trinajstić information content (AvgIpc) is 2.91. The molecule has 0 aromatic heterocycles. The lowest BCUT2D eigenvalue weighted by molar-refractivity contribution is 0.207. The lowest BCUT2D eigenvalue weighted by atomic mass is 9.96. The molecule has 2 atom stereocenters. The van der Waals surface area contributed by atoms with Gasteiger partial charge < -0.3 is 0 Å². The van der Waals surface area contributed by atoms with E-state index in [9.17, 15) is 8.42 Å². The van der Waals surface area contributed by atoms with Gasteiger partial charge in [-0.1, -0.05) is 182 Å². The van der Waals surface area contributed by atoms with E-state index >= 15 is 0 Å². The minimum atomic E-state index is -3.84. The van der Waals surface area contributed by atoms with Crippen LogP contribution in [0.25, 0.3) is 0 Å². The Morgan fingerprint density at radius 2 is 0.667 bits per heavy atom. The molecule has 0 N–H and O–H groups in total. The number of hydrogen-bond acceptors (Lipinski definition) is 4. The molecule has 0 saturated heterocycles. The van der Waals surface area contributed by atoms with Crippen LogP contribution in [0.3, 0.4) is 0 Å².